The molecule has 1 aromatic heterocycles. The Morgan fingerprint density at radius 2 is 1.82 bits per heavy atom. The highest BCUT2D eigenvalue weighted by Crippen LogP contribution is 2.30. The molecule has 0 spiro atoms. The number of nitrogens with zero attached hydrogens (tertiary/aromatic N) is 2. The first-order valence-corrected chi connectivity index (χ1v) is 9.09. The van der Waals surface area contributed by atoms with E-state index in [9.17, 15) is 32.8 Å². The minimum atomic E-state index is -3.11. The number of hydrogen-bond donors (Lipinski definition) is 1. The van der Waals surface area contributed by atoms with Crippen LogP contribution in [-0.4, -0.2) is 29.2 Å². The summed E-state index contributed by atoms with van der Waals surface area (Å²) in [6.45, 7) is -0.315. The van der Waals surface area contributed by atoms with Gasteiger partial charge in [0.1, 0.15) is 29.1 Å². The zero-order valence-electron chi connectivity index (χ0n) is 16.8. The van der Waals surface area contributed by atoms with Gasteiger partial charge < -0.3 is 19.2 Å². The molecular weight excluding hydrogens is 447 g/mol. The number of rotatable bonds is 7. The normalized spacial score (nSPS) is 10.5. The van der Waals surface area contributed by atoms with Gasteiger partial charge in [0.05, 0.1) is 24.1 Å². The molecule has 33 heavy (non-hydrogen) atoms. The third kappa shape index (κ3) is 5.21. The second-order valence-electron chi connectivity index (χ2n) is 6.35. The Morgan fingerprint density at radius 3 is 2.39 bits per heavy atom. The summed E-state index contributed by atoms with van der Waals surface area (Å²) in [5.74, 6) is -1.43. The lowest BCUT2D eigenvalue weighted by molar-refractivity contribution is -0.142. The lowest BCUT2D eigenvalue weighted by Crippen LogP contribution is -2.34. The molecule has 3 rings (SSSR count). The fraction of sp³-hybridized carbons (Fsp3) is 0.143. The standard InChI is InChI=1S/C21H14F3N3O6/c1-31-19(29)10-32-12-2-4-13(5-3-12)33-17-8-16(14(22)6-11(17)9-25)27-18(28)7-15(20(23)24)26-21(27)30/h2-8,20H,10H2,1H3,(H,26,30). The molecule has 170 valence electrons. The highest BCUT2D eigenvalue weighted by molar-refractivity contribution is 5.70. The van der Waals surface area contributed by atoms with E-state index in [0.29, 0.717) is 16.4 Å². The average Bonchev–Trinajstić information content (AvgIpc) is 2.79. The predicted octanol–water partition coefficient (Wildman–Crippen LogP) is 2.82. The van der Waals surface area contributed by atoms with Gasteiger partial charge in [-0.25, -0.2) is 27.3 Å². The Balaban J connectivity index is 1.96. The topological polar surface area (TPSA) is 123 Å². The van der Waals surface area contributed by atoms with Crippen molar-refractivity contribution < 1.29 is 32.2 Å². The fourth-order valence-corrected chi connectivity index (χ4v) is 2.68. The van der Waals surface area contributed by atoms with Crippen LogP contribution >= 0.6 is 0 Å². The van der Waals surface area contributed by atoms with Crippen molar-refractivity contribution in [2.75, 3.05) is 13.7 Å². The summed E-state index contributed by atoms with van der Waals surface area (Å²) < 4.78 is 55.7. The molecule has 9 nitrogen and oxygen atoms in total. The molecule has 1 heterocycles. The second kappa shape index (κ2) is 9.73. The molecule has 0 aliphatic heterocycles. The van der Waals surface area contributed by atoms with Crippen LogP contribution in [0.5, 0.6) is 17.2 Å². The van der Waals surface area contributed by atoms with Crippen molar-refractivity contribution in [1.82, 2.24) is 9.55 Å². The SMILES string of the molecule is COC(=O)COc1ccc(Oc2cc(-n3c(=O)cc(C(F)F)[nH]c3=O)c(F)cc2C#N)cc1. The van der Waals surface area contributed by atoms with Crippen LogP contribution in [0.15, 0.2) is 52.1 Å². The molecule has 0 saturated heterocycles. The number of ether oxygens (including phenoxy) is 3. The summed E-state index contributed by atoms with van der Waals surface area (Å²) in [6.07, 6.45) is -3.11. The van der Waals surface area contributed by atoms with Crippen LogP contribution in [0.3, 0.4) is 0 Å². The number of nitrogens with one attached hydrogen (secondary N) is 1. The Hall–Kier alpha value is -4.53. The maximum absolute atomic E-state index is 14.6. The first kappa shape index (κ1) is 23.1. The minimum Gasteiger partial charge on any atom is -0.482 e. The van der Waals surface area contributed by atoms with Gasteiger partial charge in [-0.05, 0) is 30.3 Å². The number of methoxy groups -OCH3 is 1. The number of carbonyl (C=O) groups is 1. The maximum Gasteiger partial charge on any atom is 0.343 e. The van der Waals surface area contributed by atoms with E-state index in [2.05, 4.69) is 4.74 Å². The van der Waals surface area contributed by atoms with Crippen LogP contribution in [0, 0.1) is 17.1 Å². The number of aromatic nitrogens is 2. The fourth-order valence-electron chi connectivity index (χ4n) is 2.68. The Kier molecular flexibility index (Phi) is 6.82. The molecule has 12 heteroatoms. The van der Waals surface area contributed by atoms with E-state index in [-0.39, 0.29) is 23.7 Å². The van der Waals surface area contributed by atoms with Gasteiger partial charge in [0.25, 0.3) is 12.0 Å². The molecular formula is C21H14F3N3O6. The molecule has 0 bridgehead atoms. The van der Waals surface area contributed by atoms with E-state index in [1.807, 2.05) is 4.98 Å². The van der Waals surface area contributed by atoms with E-state index in [4.69, 9.17) is 9.47 Å². The zero-order valence-corrected chi connectivity index (χ0v) is 16.8. The van der Waals surface area contributed by atoms with E-state index in [1.54, 1.807) is 6.07 Å². The molecule has 0 radical (unpaired) electrons. The third-order valence-corrected chi connectivity index (χ3v) is 4.24. The molecule has 0 saturated carbocycles. The summed E-state index contributed by atoms with van der Waals surface area (Å²) in [6, 6.07) is 9.61. The lowest BCUT2D eigenvalue weighted by atomic mass is 10.1. The molecule has 2 aromatic carbocycles. The van der Waals surface area contributed by atoms with E-state index in [1.165, 1.54) is 31.4 Å². The van der Waals surface area contributed by atoms with Gasteiger partial charge in [0.15, 0.2) is 6.61 Å². The third-order valence-electron chi connectivity index (χ3n) is 4.24. The van der Waals surface area contributed by atoms with Crippen LogP contribution in [0.2, 0.25) is 0 Å². The van der Waals surface area contributed by atoms with Gasteiger partial charge >= 0.3 is 11.7 Å². The van der Waals surface area contributed by atoms with Crippen LogP contribution in [0.1, 0.15) is 17.7 Å². The Labute approximate surface area is 183 Å². The van der Waals surface area contributed by atoms with Crippen molar-refractivity contribution in [3.63, 3.8) is 0 Å². The van der Waals surface area contributed by atoms with E-state index < -0.39 is 40.8 Å². The van der Waals surface area contributed by atoms with Gasteiger partial charge in [-0.3, -0.25) is 4.79 Å². The number of hydrogen-bond acceptors (Lipinski definition) is 7. The number of benzene rings is 2. The minimum absolute atomic E-state index is 0.170. The van der Waals surface area contributed by atoms with Gasteiger partial charge in [-0.1, -0.05) is 0 Å². The average molecular weight is 461 g/mol. The molecule has 0 aliphatic rings. The first-order valence-electron chi connectivity index (χ1n) is 9.09. The first-order chi connectivity index (χ1) is 15.7. The van der Waals surface area contributed by atoms with Crippen molar-refractivity contribution in [2.45, 2.75) is 6.43 Å². The monoisotopic (exact) mass is 461 g/mol. The highest BCUT2D eigenvalue weighted by Gasteiger charge is 2.19. The summed E-state index contributed by atoms with van der Waals surface area (Å²) in [7, 11) is 1.21. The molecule has 0 fully saturated rings. The second-order valence-corrected chi connectivity index (χ2v) is 6.35. The molecule has 3 aromatic rings. The number of carbonyl (C=O) groups excluding carboxylic acids is 1. The summed E-state index contributed by atoms with van der Waals surface area (Å²) in [4.78, 5) is 37.3. The van der Waals surface area contributed by atoms with Gasteiger partial charge in [0.2, 0.25) is 0 Å². The van der Waals surface area contributed by atoms with Crippen molar-refractivity contribution in [3.05, 3.63) is 80.4 Å². The Bertz CT molecular complexity index is 1310. The number of alkyl halides is 2. The zero-order chi connectivity index (χ0) is 24.1. The highest BCUT2D eigenvalue weighted by atomic mass is 19.3. The maximum atomic E-state index is 14.6. The van der Waals surface area contributed by atoms with Crippen LogP contribution in [-0.2, 0) is 9.53 Å². The summed E-state index contributed by atoms with van der Waals surface area (Å²) in [5.41, 5.74) is -4.26. The van der Waals surface area contributed by atoms with Crippen molar-refractivity contribution in [1.29, 1.82) is 5.26 Å². The summed E-state index contributed by atoms with van der Waals surface area (Å²) in [5, 5.41) is 9.30. The van der Waals surface area contributed by atoms with Gasteiger partial charge in [0, 0.05) is 12.1 Å². The molecule has 1 N–H and O–H groups in total. The van der Waals surface area contributed by atoms with Gasteiger partial charge in [-0.2, -0.15) is 5.26 Å². The van der Waals surface area contributed by atoms with Crippen molar-refractivity contribution >= 4 is 5.97 Å². The van der Waals surface area contributed by atoms with E-state index >= 15 is 0 Å². The van der Waals surface area contributed by atoms with E-state index in [0.717, 1.165) is 12.1 Å². The number of esters is 1. The quantitative estimate of drug-likeness (QED) is 0.537. The number of H-pyrrole nitrogens is 1. The van der Waals surface area contributed by atoms with Crippen LogP contribution in [0.25, 0.3) is 5.69 Å². The van der Waals surface area contributed by atoms with Crippen LogP contribution < -0.4 is 20.7 Å². The molecule has 0 amide bonds. The van der Waals surface area contributed by atoms with Crippen molar-refractivity contribution in [3.8, 4) is 29.0 Å². The largest absolute Gasteiger partial charge is 0.482 e. The summed E-state index contributed by atoms with van der Waals surface area (Å²) >= 11 is 0. The number of halogens is 3. The predicted molar refractivity (Wildman–Crippen MR) is 106 cm³/mol. The number of nitriles is 1. The van der Waals surface area contributed by atoms with Crippen molar-refractivity contribution in [2.24, 2.45) is 0 Å². The number of aromatic amines is 1. The molecule has 0 unspecified atom stereocenters. The molecule has 0 aliphatic carbocycles. The lowest BCUT2D eigenvalue weighted by Gasteiger charge is -2.12. The van der Waals surface area contributed by atoms with Crippen LogP contribution in [0.4, 0.5) is 13.2 Å². The Morgan fingerprint density at radius 1 is 1.15 bits per heavy atom. The molecule has 0 atom stereocenters. The van der Waals surface area contributed by atoms with Gasteiger partial charge in [-0.15, -0.1) is 0 Å². The smallest absolute Gasteiger partial charge is 0.343 e.